The minimum absolute atomic E-state index is 0.0750. The Balaban J connectivity index is 2.15. The Morgan fingerprint density at radius 3 is 2.24 bits per heavy atom. The zero-order valence-electron chi connectivity index (χ0n) is 18.8. The monoisotopic (exact) mass is 402 g/mol. The number of rotatable bonds is 11. The van der Waals surface area contributed by atoms with Crippen LogP contribution in [0.4, 0.5) is 0 Å². The highest BCUT2D eigenvalue weighted by atomic mass is 16.6. The summed E-state index contributed by atoms with van der Waals surface area (Å²) in [7, 11) is 0. The highest BCUT2D eigenvalue weighted by molar-refractivity contribution is 5.76. The molecule has 162 valence electrons. The van der Waals surface area contributed by atoms with Crippen molar-refractivity contribution in [1.82, 2.24) is 0 Å². The Morgan fingerprint density at radius 2 is 1.69 bits per heavy atom. The van der Waals surface area contributed by atoms with Gasteiger partial charge in [-0.1, -0.05) is 42.0 Å². The number of carbonyl (C=O) groups is 1. The average molecular weight is 403 g/mol. The summed E-state index contributed by atoms with van der Waals surface area (Å²) in [5, 5.41) is 0. The van der Waals surface area contributed by atoms with E-state index in [4.69, 9.17) is 14.2 Å². The predicted molar refractivity (Wildman–Crippen MR) is 117 cm³/mol. The SMILES string of the molecule is CCOCC1(COCC)CC=C(C(CCc2ccccc2)C(=O)OC(C)(C)C)C1. The second kappa shape index (κ2) is 10.9. The van der Waals surface area contributed by atoms with Gasteiger partial charge in [-0.15, -0.1) is 0 Å². The van der Waals surface area contributed by atoms with Crippen LogP contribution >= 0.6 is 0 Å². The first kappa shape index (κ1) is 23.6. The Labute approximate surface area is 176 Å². The minimum Gasteiger partial charge on any atom is -0.460 e. The van der Waals surface area contributed by atoms with Crippen LogP contribution < -0.4 is 0 Å². The number of ether oxygens (including phenoxy) is 3. The van der Waals surface area contributed by atoms with Gasteiger partial charge in [-0.3, -0.25) is 4.79 Å². The Bertz CT molecular complexity index is 649. The van der Waals surface area contributed by atoms with E-state index in [2.05, 4.69) is 18.2 Å². The number of carbonyl (C=O) groups excluding carboxylic acids is 1. The largest absolute Gasteiger partial charge is 0.460 e. The van der Waals surface area contributed by atoms with E-state index in [1.807, 2.05) is 52.8 Å². The molecule has 0 spiro atoms. The van der Waals surface area contributed by atoms with Gasteiger partial charge >= 0.3 is 5.97 Å². The minimum atomic E-state index is -0.491. The molecule has 0 saturated heterocycles. The van der Waals surface area contributed by atoms with Gasteiger partial charge in [-0.05, 0) is 65.9 Å². The lowest BCUT2D eigenvalue weighted by Gasteiger charge is -2.30. The zero-order chi connectivity index (χ0) is 21.3. The lowest BCUT2D eigenvalue weighted by molar-refractivity contribution is -0.158. The smallest absolute Gasteiger partial charge is 0.313 e. The van der Waals surface area contributed by atoms with Crippen molar-refractivity contribution in [2.75, 3.05) is 26.4 Å². The fourth-order valence-corrected chi connectivity index (χ4v) is 3.87. The van der Waals surface area contributed by atoms with E-state index < -0.39 is 5.60 Å². The third kappa shape index (κ3) is 7.60. The molecule has 0 amide bonds. The molecule has 1 unspecified atom stereocenters. The van der Waals surface area contributed by atoms with Gasteiger partial charge in [0, 0.05) is 18.6 Å². The summed E-state index contributed by atoms with van der Waals surface area (Å²) in [6.45, 7) is 12.5. The van der Waals surface area contributed by atoms with Crippen LogP contribution in [-0.4, -0.2) is 38.0 Å². The first-order valence-electron chi connectivity index (χ1n) is 10.9. The maximum atomic E-state index is 13.1. The van der Waals surface area contributed by atoms with Crippen molar-refractivity contribution in [3.8, 4) is 0 Å². The van der Waals surface area contributed by atoms with Gasteiger partial charge in [0.05, 0.1) is 19.1 Å². The number of esters is 1. The van der Waals surface area contributed by atoms with Crippen LogP contribution in [0.15, 0.2) is 42.0 Å². The number of hydrogen-bond acceptors (Lipinski definition) is 4. The fourth-order valence-electron chi connectivity index (χ4n) is 3.87. The number of allylic oxidation sites excluding steroid dienone is 1. The standard InChI is InChI=1S/C25H38O4/c1-6-27-18-25(19-28-7-2)16-15-21(17-25)22(23(26)29-24(3,4)5)14-13-20-11-9-8-10-12-20/h8-12,15,22H,6-7,13-14,16-19H2,1-5H3. The summed E-state index contributed by atoms with van der Waals surface area (Å²) in [4.78, 5) is 13.1. The summed E-state index contributed by atoms with van der Waals surface area (Å²) < 4.78 is 17.4. The summed E-state index contributed by atoms with van der Waals surface area (Å²) in [5.74, 6) is -0.345. The topological polar surface area (TPSA) is 44.8 Å². The maximum Gasteiger partial charge on any atom is 0.313 e. The molecular weight excluding hydrogens is 364 g/mol. The average Bonchev–Trinajstić information content (AvgIpc) is 3.09. The van der Waals surface area contributed by atoms with Gasteiger partial charge in [-0.25, -0.2) is 0 Å². The molecule has 0 saturated carbocycles. The molecule has 0 aromatic heterocycles. The van der Waals surface area contributed by atoms with E-state index in [-0.39, 0.29) is 17.3 Å². The van der Waals surface area contributed by atoms with Crippen molar-refractivity contribution >= 4 is 5.97 Å². The molecule has 0 N–H and O–H groups in total. The van der Waals surface area contributed by atoms with Crippen molar-refractivity contribution in [3.63, 3.8) is 0 Å². The molecule has 0 bridgehead atoms. The Kier molecular flexibility index (Phi) is 8.91. The molecule has 0 fully saturated rings. The first-order valence-corrected chi connectivity index (χ1v) is 10.9. The van der Waals surface area contributed by atoms with Crippen molar-refractivity contribution in [2.45, 2.75) is 65.9 Å². The number of benzene rings is 1. The highest BCUT2D eigenvalue weighted by Gasteiger charge is 2.40. The second-order valence-electron chi connectivity index (χ2n) is 9.04. The maximum absolute atomic E-state index is 13.1. The van der Waals surface area contributed by atoms with Gasteiger partial charge in [-0.2, -0.15) is 0 Å². The van der Waals surface area contributed by atoms with Gasteiger partial charge in [0.1, 0.15) is 5.60 Å². The van der Waals surface area contributed by atoms with Crippen LogP contribution in [0.25, 0.3) is 0 Å². The molecule has 29 heavy (non-hydrogen) atoms. The van der Waals surface area contributed by atoms with Gasteiger partial charge < -0.3 is 14.2 Å². The van der Waals surface area contributed by atoms with E-state index in [1.54, 1.807) is 0 Å². The molecule has 0 heterocycles. The number of hydrogen-bond donors (Lipinski definition) is 0. The van der Waals surface area contributed by atoms with E-state index in [1.165, 1.54) is 11.1 Å². The van der Waals surface area contributed by atoms with Crippen LogP contribution in [0.2, 0.25) is 0 Å². The van der Waals surface area contributed by atoms with Crippen LogP contribution in [0.3, 0.4) is 0 Å². The van der Waals surface area contributed by atoms with Crippen molar-refractivity contribution < 1.29 is 19.0 Å². The van der Waals surface area contributed by atoms with Crippen molar-refractivity contribution in [2.24, 2.45) is 11.3 Å². The van der Waals surface area contributed by atoms with Crippen LogP contribution in [0, 0.1) is 11.3 Å². The van der Waals surface area contributed by atoms with Crippen LogP contribution in [0.5, 0.6) is 0 Å². The summed E-state index contributed by atoms with van der Waals surface area (Å²) in [6, 6.07) is 10.3. The molecule has 1 aromatic rings. The van der Waals surface area contributed by atoms with E-state index in [0.717, 1.165) is 25.7 Å². The Hall–Kier alpha value is -1.65. The second-order valence-corrected chi connectivity index (χ2v) is 9.04. The number of aryl methyl sites for hydroxylation is 1. The summed E-state index contributed by atoms with van der Waals surface area (Å²) >= 11 is 0. The van der Waals surface area contributed by atoms with E-state index in [9.17, 15) is 4.79 Å². The summed E-state index contributed by atoms with van der Waals surface area (Å²) in [5.41, 5.74) is 1.85. The molecule has 1 aromatic carbocycles. The third-order valence-electron chi connectivity index (χ3n) is 5.30. The van der Waals surface area contributed by atoms with Crippen LogP contribution in [0.1, 0.15) is 59.4 Å². The normalized spacial score (nSPS) is 17.1. The third-order valence-corrected chi connectivity index (χ3v) is 5.30. The molecule has 0 radical (unpaired) electrons. The highest BCUT2D eigenvalue weighted by Crippen LogP contribution is 2.42. The molecule has 4 nitrogen and oxygen atoms in total. The van der Waals surface area contributed by atoms with Crippen molar-refractivity contribution in [1.29, 1.82) is 0 Å². The molecular formula is C25H38O4. The fraction of sp³-hybridized carbons (Fsp3) is 0.640. The molecule has 1 aliphatic rings. The van der Waals surface area contributed by atoms with Gasteiger partial charge in [0.25, 0.3) is 0 Å². The Morgan fingerprint density at radius 1 is 1.07 bits per heavy atom. The lowest BCUT2D eigenvalue weighted by atomic mass is 9.82. The predicted octanol–water partition coefficient (Wildman–Crippen LogP) is 5.36. The molecule has 2 rings (SSSR count). The molecule has 4 heteroatoms. The van der Waals surface area contributed by atoms with Gasteiger partial charge in [0.2, 0.25) is 0 Å². The summed E-state index contributed by atoms with van der Waals surface area (Å²) in [6.07, 6.45) is 5.55. The molecule has 1 aliphatic carbocycles. The van der Waals surface area contributed by atoms with Crippen LogP contribution in [-0.2, 0) is 25.4 Å². The molecule has 0 aliphatic heterocycles. The quantitative estimate of drug-likeness (QED) is 0.369. The first-order chi connectivity index (χ1) is 13.8. The van der Waals surface area contributed by atoms with Gasteiger partial charge in [0.15, 0.2) is 0 Å². The van der Waals surface area contributed by atoms with E-state index in [0.29, 0.717) is 26.4 Å². The zero-order valence-corrected chi connectivity index (χ0v) is 18.8. The lowest BCUT2D eigenvalue weighted by Crippen LogP contribution is -2.33. The van der Waals surface area contributed by atoms with E-state index >= 15 is 0 Å². The van der Waals surface area contributed by atoms with Crippen molar-refractivity contribution in [3.05, 3.63) is 47.5 Å². The molecule has 1 atom stereocenters.